The number of hydrogen-bond acceptors (Lipinski definition) is 7. The van der Waals surface area contributed by atoms with Crippen molar-refractivity contribution in [2.75, 3.05) is 70.1 Å². The first-order valence-corrected chi connectivity index (χ1v) is 15.3. The van der Waals surface area contributed by atoms with Gasteiger partial charge in [-0.3, -0.25) is 4.79 Å². The third-order valence-corrected chi connectivity index (χ3v) is 8.23. The number of carbonyl (C=O) groups is 1. The predicted molar refractivity (Wildman–Crippen MR) is 169 cm³/mol. The molecule has 0 radical (unpaired) electrons. The highest BCUT2D eigenvalue weighted by Gasteiger charge is 2.37. The van der Waals surface area contributed by atoms with E-state index in [-0.39, 0.29) is 11.9 Å². The molecule has 8 nitrogen and oxygen atoms in total. The molecule has 2 aliphatic heterocycles. The minimum absolute atomic E-state index is 0.0397. The molecule has 3 aromatic carbocycles. The molecule has 8 heteroatoms. The molecule has 2 aliphatic rings. The van der Waals surface area contributed by atoms with E-state index in [1.807, 2.05) is 29.2 Å². The molecule has 0 saturated heterocycles. The summed E-state index contributed by atoms with van der Waals surface area (Å²) >= 11 is 0. The molecule has 3 aromatic rings. The molecule has 0 aromatic heterocycles. The Kier molecular flexibility index (Phi) is 10.6. The third-order valence-electron chi connectivity index (χ3n) is 8.23. The fourth-order valence-electron chi connectivity index (χ4n) is 6.08. The normalized spacial score (nSPS) is 15.5. The summed E-state index contributed by atoms with van der Waals surface area (Å²) < 4.78 is 28.3. The summed E-state index contributed by atoms with van der Waals surface area (Å²) in [4.78, 5) is 18.1. The van der Waals surface area contributed by atoms with Crippen LogP contribution in [0.4, 0.5) is 11.4 Å². The maximum atomic E-state index is 13.8. The van der Waals surface area contributed by atoms with Gasteiger partial charge in [0.25, 0.3) is 5.91 Å². The minimum Gasteiger partial charge on any atom is -0.493 e. The van der Waals surface area contributed by atoms with Crippen molar-refractivity contribution in [1.29, 1.82) is 0 Å². The van der Waals surface area contributed by atoms with E-state index >= 15 is 0 Å². The number of fused-ring (bicyclic) bond motifs is 4. The van der Waals surface area contributed by atoms with E-state index in [0.29, 0.717) is 56.7 Å². The first-order valence-electron chi connectivity index (χ1n) is 15.3. The maximum Gasteiger partial charge on any atom is 0.258 e. The Morgan fingerprint density at radius 1 is 0.907 bits per heavy atom. The van der Waals surface area contributed by atoms with E-state index < -0.39 is 0 Å². The summed E-state index contributed by atoms with van der Waals surface area (Å²) in [6.45, 7) is 9.23. The van der Waals surface area contributed by atoms with Gasteiger partial charge in [-0.1, -0.05) is 24.3 Å². The second-order valence-electron chi connectivity index (χ2n) is 11.1. The summed E-state index contributed by atoms with van der Waals surface area (Å²) in [6, 6.07) is 18.8. The zero-order valence-corrected chi connectivity index (χ0v) is 25.9. The van der Waals surface area contributed by atoms with Crippen LogP contribution in [0.2, 0.25) is 0 Å². The van der Waals surface area contributed by atoms with Crippen LogP contribution in [0.5, 0.6) is 11.5 Å². The summed E-state index contributed by atoms with van der Waals surface area (Å²) in [5, 5.41) is 0. The van der Waals surface area contributed by atoms with E-state index in [2.05, 4.69) is 49.1 Å². The Labute approximate surface area is 255 Å². The van der Waals surface area contributed by atoms with Crippen LogP contribution in [-0.4, -0.2) is 72.3 Å². The molecule has 0 spiro atoms. The third kappa shape index (κ3) is 7.32. The zero-order valence-electron chi connectivity index (χ0n) is 25.9. The van der Waals surface area contributed by atoms with Gasteiger partial charge in [0.05, 0.1) is 40.1 Å². The number of hydrogen-bond donors (Lipinski definition) is 0. The molecule has 1 atom stereocenters. The monoisotopic (exact) mass is 588 g/mol. The number of anilines is 2. The molecule has 0 unspecified atom stereocenters. The zero-order chi connectivity index (χ0) is 30.2. The van der Waals surface area contributed by atoms with E-state index in [0.717, 1.165) is 54.9 Å². The molecule has 2 heterocycles. The second kappa shape index (κ2) is 14.7. The molecule has 1 amide bonds. The largest absolute Gasteiger partial charge is 0.493 e. The van der Waals surface area contributed by atoms with E-state index in [9.17, 15) is 4.79 Å². The van der Waals surface area contributed by atoms with Gasteiger partial charge < -0.3 is 33.5 Å². The Morgan fingerprint density at radius 3 is 2.49 bits per heavy atom. The quantitative estimate of drug-likeness (QED) is 0.214. The van der Waals surface area contributed by atoms with Gasteiger partial charge in [-0.25, -0.2) is 0 Å². The van der Waals surface area contributed by atoms with Gasteiger partial charge >= 0.3 is 0 Å². The number of ether oxygens (including phenoxy) is 5. The van der Waals surface area contributed by atoms with Crippen molar-refractivity contribution in [3.63, 3.8) is 0 Å². The van der Waals surface area contributed by atoms with Crippen LogP contribution >= 0.6 is 0 Å². The lowest BCUT2D eigenvalue weighted by molar-refractivity contribution is 0.0265. The number of rotatable bonds is 15. The molecular weight excluding hydrogens is 544 g/mol. The van der Waals surface area contributed by atoms with Gasteiger partial charge in [0.15, 0.2) is 11.5 Å². The predicted octanol–water partition coefficient (Wildman–Crippen LogP) is 5.61. The highest BCUT2D eigenvalue weighted by molar-refractivity contribution is 6.09. The Hall–Kier alpha value is -3.59. The van der Waals surface area contributed by atoms with Gasteiger partial charge in [-0.15, -0.1) is 0 Å². The number of likely N-dealkylation sites (N-methyl/N-ethyl adjacent to an activating group) is 1. The molecule has 0 aliphatic carbocycles. The summed E-state index contributed by atoms with van der Waals surface area (Å²) in [5.41, 5.74) is 7.36. The van der Waals surface area contributed by atoms with Gasteiger partial charge in [0.1, 0.15) is 6.61 Å². The number of carbonyl (C=O) groups excluding carboxylic acids is 1. The van der Waals surface area contributed by atoms with Crippen molar-refractivity contribution >= 4 is 17.3 Å². The van der Waals surface area contributed by atoms with E-state index in [4.69, 9.17) is 23.7 Å². The second-order valence-corrected chi connectivity index (χ2v) is 11.1. The molecule has 0 N–H and O–H groups in total. The van der Waals surface area contributed by atoms with Crippen molar-refractivity contribution in [3.05, 3.63) is 82.4 Å². The number of nitrogens with zero attached hydrogens (tertiary/aromatic N) is 2. The van der Waals surface area contributed by atoms with Crippen LogP contribution in [0.3, 0.4) is 0 Å². The minimum atomic E-state index is 0.0397. The van der Waals surface area contributed by atoms with Crippen molar-refractivity contribution < 1.29 is 28.5 Å². The van der Waals surface area contributed by atoms with Crippen molar-refractivity contribution in [2.24, 2.45) is 0 Å². The van der Waals surface area contributed by atoms with Crippen LogP contribution in [-0.2, 0) is 33.7 Å². The van der Waals surface area contributed by atoms with Crippen molar-refractivity contribution in [3.8, 4) is 11.5 Å². The molecule has 5 rings (SSSR count). The lowest BCUT2D eigenvalue weighted by Crippen LogP contribution is -2.36. The van der Waals surface area contributed by atoms with Gasteiger partial charge in [0, 0.05) is 43.2 Å². The number of methoxy groups -OCH3 is 2. The Morgan fingerprint density at radius 2 is 1.70 bits per heavy atom. The topological polar surface area (TPSA) is 69.7 Å². The highest BCUT2D eigenvalue weighted by atomic mass is 16.5. The number of benzene rings is 3. The maximum absolute atomic E-state index is 13.8. The standard InChI is InChI=1S/C35H44N2O6/c1-5-36(12-13-41-16-17-42-15-14-39-3)30-19-25(2)18-26(20-30)24-43-34-22-27-10-11-29-21-28-8-6-7-9-32(28)37(29)35(38)31(27)23-33(34)40-4/h6-9,18-20,22-23,29H,5,10-17,21,24H2,1-4H3/t29-/m1/s1. The smallest absolute Gasteiger partial charge is 0.258 e. The number of aryl methyl sites for hydroxylation is 2. The Balaban J connectivity index is 1.24. The molecule has 0 saturated carbocycles. The van der Waals surface area contributed by atoms with Crippen LogP contribution < -0.4 is 19.3 Å². The lowest BCUT2D eigenvalue weighted by Gasteiger charge is -2.24. The van der Waals surface area contributed by atoms with Crippen molar-refractivity contribution in [1.82, 2.24) is 0 Å². The van der Waals surface area contributed by atoms with Crippen LogP contribution in [0.25, 0.3) is 0 Å². The molecule has 0 fully saturated rings. The van der Waals surface area contributed by atoms with Crippen LogP contribution in [0.1, 0.15) is 46.0 Å². The van der Waals surface area contributed by atoms with Gasteiger partial charge in [-0.2, -0.15) is 0 Å². The van der Waals surface area contributed by atoms with Gasteiger partial charge in [-0.05, 0) is 85.7 Å². The van der Waals surface area contributed by atoms with E-state index in [1.54, 1.807) is 14.2 Å². The average molecular weight is 589 g/mol. The molecular formula is C35H44N2O6. The Bertz CT molecular complexity index is 1390. The average Bonchev–Trinajstić information content (AvgIpc) is 3.33. The van der Waals surface area contributed by atoms with Crippen LogP contribution in [0, 0.1) is 6.92 Å². The molecule has 230 valence electrons. The first kappa shape index (κ1) is 30.9. The highest BCUT2D eigenvalue weighted by Crippen LogP contribution is 2.40. The fraction of sp³-hybridized carbons (Fsp3) is 0.457. The molecule has 0 bridgehead atoms. The summed E-state index contributed by atoms with van der Waals surface area (Å²) in [5.74, 6) is 1.27. The number of para-hydroxylation sites is 1. The lowest BCUT2D eigenvalue weighted by atomic mass is 9.99. The summed E-state index contributed by atoms with van der Waals surface area (Å²) in [7, 11) is 3.29. The number of amides is 1. The van der Waals surface area contributed by atoms with Crippen molar-refractivity contribution in [2.45, 2.75) is 45.8 Å². The van der Waals surface area contributed by atoms with Gasteiger partial charge in [0.2, 0.25) is 0 Å². The van der Waals surface area contributed by atoms with Crippen LogP contribution in [0.15, 0.2) is 54.6 Å². The fourth-order valence-corrected chi connectivity index (χ4v) is 6.08. The SMILES string of the molecule is CCN(CCOCCOCCOC)c1cc(C)cc(COc2cc3c(cc2OC)C(=O)N2c4ccccc4C[C@H]2CC3)c1. The van der Waals surface area contributed by atoms with E-state index in [1.165, 1.54) is 11.1 Å². The first-order chi connectivity index (χ1) is 21.0. The summed E-state index contributed by atoms with van der Waals surface area (Å²) in [6.07, 6.45) is 2.63. The molecule has 43 heavy (non-hydrogen) atoms.